The summed E-state index contributed by atoms with van der Waals surface area (Å²) in [6.45, 7) is 6.16. The van der Waals surface area contributed by atoms with E-state index in [1.165, 1.54) is 0 Å². The first kappa shape index (κ1) is 14.0. The van der Waals surface area contributed by atoms with E-state index < -0.39 is 0 Å². The number of amides is 1. The van der Waals surface area contributed by atoms with Crippen LogP contribution in [-0.2, 0) is 4.79 Å². The number of aliphatic hydroxyl groups excluding tert-OH is 1. The van der Waals surface area contributed by atoms with Crippen LogP contribution >= 0.6 is 0 Å². The first-order valence-corrected chi connectivity index (χ1v) is 6.69. The summed E-state index contributed by atoms with van der Waals surface area (Å²) in [5, 5.41) is 9.21. The van der Waals surface area contributed by atoms with Crippen molar-refractivity contribution in [2.24, 2.45) is 0 Å². The van der Waals surface area contributed by atoms with Crippen LogP contribution in [0, 0.1) is 6.92 Å². The van der Waals surface area contributed by atoms with Crippen LogP contribution in [0.4, 0.5) is 5.69 Å². The molecule has 2 rings (SSSR count). The van der Waals surface area contributed by atoms with E-state index in [1.54, 1.807) is 11.1 Å². The second kappa shape index (κ2) is 6.12. The summed E-state index contributed by atoms with van der Waals surface area (Å²) in [5.41, 5.74) is 1.80. The monoisotopic (exact) mass is 263 g/mol. The second-order valence-electron chi connectivity index (χ2n) is 5.02. The number of aliphatic hydroxyl groups is 1. The number of aromatic nitrogens is 1. The number of nitrogens with zero attached hydrogens (tertiary/aromatic N) is 3. The van der Waals surface area contributed by atoms with E-state index in [4.69, 9.17) is 0 Å². The summed E-state index contributed by atoms with van der Waals surface area (Å²) < 4.78 is 0. The number of pyridine rings is 1. The van der Waals surface area contributed by atoms with E-state index in [-0.39, 0.29) is 18.6 Å². The summed E-state index contributed by atoms with van der Waals surface area (Å²) in [4.78, 5) is 20.3. The molecule has 0 radical (unpaired) electrons. The maximum Gasteiger partial charge on any atom is 0.228 e. The van der Waals surface area contributed by atoms with Gasteiger partial charge >= 0.3 is 0 Å². The molecule has 2 heterocycles. The van der Waals surface area contributed by atoms with Gasteiger partial charge in [-0.25, -0.2) is 0 Å². The summed E-state index contributed by atoms with van der Waals surface area (Å²) in [6, 6.07) is 3.95. The summed E-state index contributed by atoms with van der Waals surface area (Å²) in [5.74, 6) is 0.123. The Hall–Kier alpha value is -1.46. The molecular formula is C14H21N3O2. The molecule has 0 aliphatic carbocycles. The number of carbonyl (C=O) groups is 1. The lowest BCUT2D eigenvalue weighted by Crippen LogP contribution is -2.38. The van der Waals surface area contributed by atoms with Crippen molar-refractivity contribution in [1.29, 1.82) is 0 Å². The van der Waals surface area contributed by atoms with Crippen molar-refractivity contribution in [3.8, 4) is 0 Å². The molecule has 1 aliphatic rings. The fraction of sp³-hybridized carbons (Fsp3) is 0.571. The van der Waals surface area contributed by atoms with Gasteiger partial charge in [0.05, 0.1) is 18.5 Å². The van der Waals surface area contributed by atoms with Crippen molar-refractivity contribution >= 4 is 11.6 Å². The Labute approximate surface area is 113 Å². The van der Waals surface area contributed by atoms with Crippen molar-refractivity contribution < 1.29 is 9.90 Å². The SMILES string of the molecule is Cc1ccc(N2CCN([C@@H](C)CO)CCC2=O)cn1. The first-order valence-electron chi connectivity index (χ1n) is 6.69. The molecule has 1 saturated heterocycles. The topological polar surface area (TPSA) is 56.7 Å². The zero-order valence-corrected chi connectivity index (χ0v) is 11.5. The maximum absolute atomic E-state index is 12.2. The molecule has 19 heavy (non-hydrogen) atoms. The second-order valence-corrected chi connectivity index (χ2v) is 5.02. The molecule has 0 saturated carbocycles. The third-order valence-electron chi connectivity index (χ3n) is 3.62. The highest BCUT2D eigenvalue weighted by Gasteiger charge is 2.24. The molecule has 1 fully saturated rings. The van der Waals surface area contributed by atoms with Crippen molar-refractivity contribution in [1.82, 2.24) is 9.88 Å². The number of hydrogen-bond donors (Lipinski definition) is 1. The van der Waals surface area contributed by atoms with Gasteiger partial charge in [-0.3, -0.25) is 14.7 Å². The highest BCUT2D eigenvalue weighted by molar-refractivity contribution is 5.93. The smallest absolute Gasteiger partial charge is 0.228 e. The normalized spacial score (nSPS) is 19.3. The summed E-state index contributed by atoms with van der Waals surface area (Å²) >= 11 is 0. The van der Waals surface area contributed by atoms with Gasteiger partial charge < -0.3 is 10.0 Å². The third kappa shape index (κ3) is 3.30. The van der Waals surface area contributed by atoms with Crippen LogP contribution in [0.1, 0.15) is 19.0 Å². The van der Waals surface area contributed by atoms with E-state index in [0.717, 1.165) is 17.9 Å². The zero-order chi connectivity index (χ0) is 13.8. The molecule has 0 aromatic carbocycles. The Bertz CT molecular complexity index is 433. The minimum atomic E-state index is 0.101. The van der Waals surface area contributed by atoms with E-state index in [1.807, 2.05) is 26.0 Å². The van der Waals surface area contributed by atoms with Crippen molar-refractivity contribution in [3.63, 3.8) is 0 Å². The standard InChI is InChI=1S/C14H21N3O2/c1-11-3-4-13(9-15-11)17-8-7-16(12(2)10-18)6-5-14(17)19/h3-4,9,12,18H,5-8,10H2,1-2H3/t12-/m0/s1. The Morgan fingerprint density at radius 1 is 1.37 bits per heavy atom. The van der Waals surface area contributed by atoms with Crippen LogP contribution in [0.25, 0.3) is 0 Å². The van der Waals surface area contributed by atoms with Gasteiger partial charge in [0, 0.05) is 37.8 Å². The quantitative estimate of drug-likeness (QED) is 0.877. The van der Waals surface area contributed by atoms with Gasteiger partial charge in [-0.05, 0) is 26.0 Å². The average molecular weight is 263 g/mol. The first-order chi connectivity index (χ1) is 9.11. The van der Waals surface area contributed by atoms with E-state index >= 15 is 0 Å². The molecule has 1 N–H and O–H groups in total. The largest absolute Gasteiger partial charge is 0.395 e. The van der Waals surface area contributed by atoms with E-state index in [9.17, 15) is 9.90 Å². The molecule has 1 aromatic rings. The van der Waals surface area contributed by atoms with E-state index in [2.05, 4.69) is 9.88 Å². The van der Waals surface area contributed by atoms with Gasteiger partial charge in [0.15, 0.2) is 0 Å². The summed E-state index contributed by atoms with van der Waals surface area (Å²) in [7, 11) is 0. The van der Waals surface area contributed by atoms with Crippen molar-refractivity contribution in [2.75, 3.05) is 31.1 Å². The minimum absolute atomic E-state index is 0.101. The molecule has 0 spiro atoms. The number of hydrogen-bond acceptors (Lipinski definition) is 4. The lowest BCUT2D eigenvalue weighted by atomic mass is 10.3. The fourth-order valence-corrected chi connectivity index (χ4v) is 2.29. The van der Waals surface area contributed by atoms with Gasteiger partial charge in [-0.2, -0.15) is 0 Å². The predicted molar refractivity (Wildman–Crippen MR) is 74.1 cm³/mol. The number of carbonyl (C=O) groups excluding carboxylic acids is 1. The molecule has 104 valence electrons. The Morgan fingerprint density at radius 2 is 2.16 bits per heavy atom. The van der Waals surface area contributed by atoms with Gasteiger partial charge in [-0.15, -0.1) is 0 Å². The number of rotatable bonds is 3. The lowest BCUT2D eigenvalue weighted by Gasteiger charge is -2.26. The molecule has 1 atom stereocenters. The van der Waals surface area contributed by atoms with Gasteiger partial charge in [-0.1, -0.05) is 0 Å². The maximum atomic E-state index is 12.2. The highest BCUT2D eigenvalue weighted by atomic mass is 16.3. The molecule has 5 heteroatoms. The molecular weight excluding hydrogens is 242 g/mol. The van der Waals surface area contributed by atoms with Gasteiger partial charge in [0.1, 0.15) is 0 Å². The minimum Gasteiger partial charge on any atom is -0.395 e. The lowest BCUT2D eigenvalue weighted by molar-refractivity contribution is -0.118. The summed E-state index contributed by atoms with van der Waals surface area (Å²) in [6.07, 6.45) is 2.23. The third-order valence-corrected chi connectivity index (χ3v) is 3.62. The fourth-order valence-electron chi connectivity index (χ4n) is 2.29. The molecule has 5 nitrogen and oxygen atoms in total. The van der Waals surface area contributed by atoms with Crippen LogP contribution < -0.4 is 4.90 Å². The van der Waals surface area contributed by atoms with Crippen molar-refractivity contribution in [3.05, 3.63) is 24.0 Å². The van der Waals surface area contributed by atoms with Crippen LogP contribution in [0.15, 0.2) is 18.3 Å². The molecule has 1 amide bonds. The number of aryl methyl sites for hydroxylation is 1. The van der Waals surface area contributed by atoms with Gasteiger partial charge in [0.2, 0.25) is 5.91 Å². The molecule has 0 unspecified atom stereocenters. The van der Waals surface area contributed by atoms with Crippen LogP contribution in [-0.4, -0.2) is 53.2 Å². The van der Waals surface area contributed by atoms with Crippen LogP contribution in [0.5, 0.6) is 0 Å². The predicted octanol–water partition coefficient (Wildman–Crippen LogP) is 0.810. The van der Waals surface area contributed by atoms with Gasteiger partial charge in [0.25, 0.3) is 0 Å². The van der Waals surface area contributed by atoms with Crippen LogP contribution in [0.2, 0.25) is 0 Å². The Kier molecular flexibility index (Phi) is 4.50. The number of anilines is 1. The average Bonchev–Trinajstić information content (AvgIpc) is 2.61. The van der Waals surface area contributed by atoms with E-state index in [0.29, 0.717) is 19.5 Å². The Morgan fingerprint density at radius 3 is 2.79 bits per heavy atom. The van der Waals surface area contributed by atoms with Crippen LogP contribution in [0.3, 0.4) is 0 Å². The van der Waals surface area contributed by atoms with Crippen molar-refractivity contribution in [2.45, 2.75) is 26.3 Å². The Balaban J connectivity index is 2.10. The molecule has 1 aliphatic heterocycles. The molecule has 0 bridgehead atoms. The zero-order valence-electron chi connectivity index (χ0n) is 11.5. The molecule has 1 aromatic heterocycles. The highest BCUT2D eigenvalue weighted by Crippen LogP contribution is 2.17.